The molecule has 0 atom stereocenters. The van der Waals surface area contributed by atoms with Crippen LogP contribution >= 0.6 is 11.3 Å². The molecule has 0 aliphatic carbocycles. The topological polar surface area (TPSA) is 84.1 Å². The number of anilines is 1. The van der Waals surface area contributed by atoms with Crippen LogP contribution < -0.4 is 5.32 Å². The number of esters is 1. The van der Waals surface area contributed by atoms with Gasteiger partial charge in [0.2, 0.25) is 0 Å². The number of nitrogens with zero attached hydrogens (tertiary/aromatic N) is 2. The summed E-state index contributed by atoms with van der Waals surface area (Å²) in [4.78, 5) is 26.5. The molecular weight excluding hydrogens is 494 g/mol. The minimum atomic E-state index is -0.573. The molecule has 1 N–H and O–H groups in total. The van der Waals surface area contributed by atoms with E-state index in [2.05, 4.69) is 46.3 Å². The highest BCUT2D eigenvalue weighted by atomic mass is 32.1. The van der Waals surface area contributed by atoms with Gasteiger partial charge in [-0.3, -0.25) is 4.79 Å². The molecule has 7 heteroatoms. The predicted octanol–water partition coefficient (Wildman–Crippen LogP) is 7.16. The number of nitriles is 1. The number of carbonyl (C=O) groups is 2. The van der Waals surface area contributed by atoms with Crippen LogP contribution in [0.3, 0.4) is 0 Å². The van der Waals surface area contributed by atoms with E-state index in [1.807, 2.05) is 58.0 Å². The first-order chi connectivity index (χ1) is 18.2. The summed E-state index contributed by atoms with van der Waals surface area (Å²) in [5, 5.41) is 12.9. The summed E-state index contributed by atoms with van der Waals surface area (Å²) in [6, 6.07) is 22.4. The van der Waals surface area contributed by atoms with E-state index in [0.29, 0.717) is 10.6 Å². The van der Waals surface area contributed by atoms with Crippen molar-refractivity contribution in [2.24, 2.45) is 0 Å². The predicted molar refractivity (Wildman–Crippen MR) is 153 cm³/mol. The smallest absolute Gasteiger partial charge is 0.341 e. The van der Waals surface area contributed by atoms with Crippen molar-refractivity contribution in [2.45, 2.75) is 34.6 Å². The third-order valence-electron chi connectivity index (χ3n) is 6.46. The van der Waals surface area contributed by atoms with Gasteiger partial charge in [0.25, 0.3) is 5.91 Å². The fraction of sp³-hybridized carbons (Fsp3) is 0.194. The number of hydrogen-bond donors (Lipinski definition) is 1. The molecule has 1 amide bonds. The second-order valence-electron chi connectivity index (χ2n) is 8.91. The van der Waals surface area contributed by atoms with E-state index >= 15 is 0 Å². The van der Waals surface area contributed by atoms with Crippen LogP contribution in [0, 0.1) is 39.0 Å². The Labute approximate surface area is 226 Å². The molecule has 6 nitrogen and oxygen atoms in total. The Balaban J connectivity index is 1.62. The maximum Gasteiger partial charge on any atom is 0.341 e. The number of aryl methyl sites for hydroxylation is 2. The van der Waals surface area contributed by atoms with E-state index in [1.165, 1.54) is 11.3 Å². The molecule has 0 radical (unpaired) electrons. The lowest BCUT2D eigenvalue weighted by Gasteiger charge is -2.11. The normalized spacial score (nSPS) is 11.2. The van der Waals surface area contributed by atoms with E-state index in [-0.39, 0.29) is 12.2 Å². The maximum atomic E-state index is 13.1. The summed E-state index contributed by atoms with van der Waals surface area (Å²) < 4.78 is 7.26. The Kier molecular flexibility index (Phi) is 7.94. The van der Waals surface area contributed by atoms with Crippen LogP contribution in [0.5, 0.6) is 0 Å². The molecule has 38 heavy (non-hydrogen) atoms. The Bertz CT molecular complexity index is 1570. The summed E-state index contributed by atoms with van der Waals surface area (Å²) in [6.07, 6.45) is 1.59. The zero-order chi connectivity index (χ0) is 27.4. The zero-order valence-corrected chi connectivity index (χ0v) is 22.9. The van der Waals surface area contributed by atoms with Gasteiger partial charge in [0.1, 0.15) is 16.6 Å². The number of aromatic nitrogens is 1. The van der Waals surface area contributed by atoms with Crippen LogP contribution in [0.4, 0.5) is 5.00 Å². The van der Waals surface area contributed by atoms with Gasteiger partial charge in [0.15, 0.2) is 0 Å². The van der Waals surface area contributed by atoms with Crippen molar-refractivity contribution < 1.29 is 14.3 Å². The monoisotopic (exact) mass is 523 g/mol. The Hall–Kier alpha value is -4.41. The average molecular weight is 524 g/mol. The van der Waals surface area contributed by atoms with Crippen LogP contribution in [-0.2, 0) is 9.53 Å². The molecule has 2 heterocycles. The van der Waals surface area contributed by atoms with Crippen LogP contribution in [0.25, 0.3) is 22.9 Å². The molecular formula is C31H29N3O3S. The van der Waals surface area contributed by atoms with Crippen LogP contribution in [0.15, 0.2) is 66.2 Å². The highest BCUT2D eigenvalue weighted by Crippen LogP contribution is 2.33. The van der Waals surface area contributed by atoms with Crippen molar-refractivity contribution in [3.8, 4) is 22.9 Å². The lowest BCUT2D eigenvalue weighted by atomic mass is 10.1. The number of rotatable bonds is 7. The SMILES string of the molecule is CCOC(=O)c1c(NC(=O)/C(C#N)=C/c2cc(C)n(-c3ccc(-c4ccccc4)cc3)c2C)sc(C)c1C. The van der Waals surface area contributed by atoms with Crippen molar-refractivity contribution in [3.05, 3.63) is 99.2 Å². The largest absolute Gasteiger partial charge is 0.462 e. The fourth-order valence-electron chi connectivity index (χ4n) is 4.40. The van der Waals surface area contributed by atoms with Gasteiger partial charge in [-0.1, -0.05) is 42.5 Å². The molecule has 0 bridgehead atoms. The van der Waals surface area contributed by atoms with Crippen LogP contribution in [0.1, 0.15) is 44.7 Å². The second-order valence-corrected chi connectivity index (χ2v) is 10.1. The molecule has 192 valence electrons. The first kappa shape index (κ1) is 26.6. The highest BCUT2D eigenvalue weighted by Gasteiger charge is 2.23. The van der Waals surface area contributed by atoms with Gasteiger partial charge in [0.05, 0.1) is 12.2 Å². The van der Waals surface area contributed by atoms with Gasteiger partial charge >= 0.3 is 5.97 Å². The van der Waals surface area contributed by atoms with Gasteiger partial charge in [-0.05, 0) is 81.1 Å². The van der Waals surface area contributed by atoms with Gasteiger partial charge in [-0.2, -0.15) is 5.26 Å². The summed E-state index contributed by atoms with van der Waals surface area (Å²) in [5.74, 6) is -1.06. The van der Waals surface area contributed by atoms with E-state index in [9.17, 15) is 14.9 Å². The number of benzene rings is 2. The summed E-state index contributed by atoms with van der Waals surface area (Å²) in [6.45, 7) is 9.60. The highest BCUT2D eigenvalue weighted by molar-refractivity contribution is 7.16. The molecule has 0 unspecified atom stereocenters. The summed E-state index contributed by atoms with van der Waals surface area (Å²) in [5.41, 5.74) is 6.96. The minimum Gasteiger partial charge on any atom is -0.462 e. The Morgan fingerprint density at radius 1 is 1.03 bits per heavy atom. The minimum absolute atomic E-state index is 0.0526. The number of amides is 1. The lowest BCUT2D eigenvalue weighted by Crippen LogP contribution is -2.16. The van der Waals surface area contributed by atoms with E-state index < -0.39 is 11.9 Å². The number of hydrogen-bond acceptors (Lipinski definition) is 5. The van der Waals surface area contributed by atoms with Gasteiger partial charge in [-0.15, -0.1) is 11.3 Å². The second kappa shape index (κ2) is 11.3. The number of carbonyl (C=O) groups excluding carboxylic acids is 2. The van der Waals surface area contributed by atoms with Crippen molar-refractivity contribution in [2.75, 3.05) is 11.9 Å². The average Bonchev–Trinajstić information content (AvgIpc) is 3.35. The molecule has 4 rings (SSSR count). The zero-order valence-electron chi connectivity index (χ0n) is 22.1. The molecule has 0 saturated heterocycles. The van der Waals surface area contributed by atoms with E-state index in [1.54, 1.807) is 13.0 Å². The molecule has 2 aromatic carbocycles. The summed E-state index contributed by atoms with van der Waals surface area (Å²) >= 11 is 1.29. The van der Waals surface area contributed by atoms with E-state index in [0.717, 1.165) is 44.2 Å². The third kappa shape index (κ3) is 5.31. The van der Waals surface area contributed by atoms with Crippen LogP contribution in [-0.4, -0.2) is 23.1 Å². The number of ether oxygens (including phenoxy) is 1. The van der Waals surface area contributed by atoms with Crippen molar-refractivity contribution in [1.82, 2.24) is 4.57 Å². The molecule has 0 aliphatic rings. The number of thiophene rings is 1. The number of nitrogens with one attached hydrogen (secondary N) is 1. The molecule has 0 fully saturated rings. The van der Waals surface area contributed by atoms with Gasteiger partial charge < -0.3 is 14.6 Å². The molecule has 2 aromatic heterocycles. The molecule has 0 saturated carbocycles. The Morgan fingerprint density at radius 3 is 2.32 bits per heavy atom. The standard InChI is InChI=1S/C31H29N3O3S/c1-6-37-31(36)28-20(3)22(5)38-30(28)33-29(35)26(18-32)17-25-16-19(2)34(21(25)4)27-14-12-24(13-15-27)23-10-8-7-9-11-23/h7-17H,6H2,1-5H3,(H,33,35)/b26-17+. The molecule has 0 aliphatic heterocycles. The first-order valence-corrected chi connectivity index (χ1v) is 13.1. The molecule has 0 spiro atoms. The van der Waals surface area contributed by atoms with Crippen molar-refractivity contribution in [1.29, 1.82) is 5.26 Å². The third-order valence-corrected chi connectivity index (χ3v) is 7.58. The maximum absolute atomic E-state index is 13.1. The first-order valence-electron chi connectivity index (χ1n) is 12.3. The quantitative estimate of drug-likeness (QED) is 0.158. The van der Waals surface area contributed by atoms with Gasteiger partial charge in [-0.25, -0.2) is 4.79 Å². The molecule has 4 aromatic rings. The summed E-state index contributed by atoms with van der Waals surface area (Å²) in [7, 11) is 0. The lowest BCUT2D eigenvalue weighted by molar-refractivity contribution is -0.112. The van der Waals surface area contributed by atoms with Gasteiger partial charge in [0, 0.05) is 22.0 Å². The van der Waals surface area contributed by atoms with Crippen LogP contribution in [0.2, 0.25) is 0 Å². The van der Waals surface area contributed by atoms with E-state index in [4.69, 9.17) is 4.74 Å². The van der Waals surface area contributed by atoms with Crippen molar-refractivity contribution in [3.63, 3.8) is 0 Å². The Morgan fingerprint density at radius 2 is 1.68 bits per heavy atom. The van der Waals surface area contributed by atoms with Crippen molar-refractivity contribution >= 4 is 34.3 Å². The fourth-order valence-corrected chi connectivity index (χ4v) is 5.45.